The maximum atomic E-state index is 13.7. The smallest absolute Gasteiger partial charge is 0.267 e. The highest BCUT2D eigenvalue weighted by atomic mass is 35.5. The molecule has 224 valence electrons. The van der Waals surface area contributed by atoms with Crippen molar-refractivity contribution >= 4 is 33.4 Å². The van der Waals surface area contributed by atoms with Gasteiger partial charge in [0.25, 0.3) is 5.91 Å². The fourth-order valence-electron chi connectivity index (χ4n) is 4.80. The van der Waals surface area contributed by atoms with Gasteiger partial charge in [0.15, 0.2) is 0 Å². The number of sulfonamides is 1. The topological polar surface area (TPSA) is 119 Å². The van der Waals surface area contributed by atoms with Crippen LogP contribution in [0.25, 0.3) is 0 Å². The molecule has 1 heterocycles. The zero-order valence-corrected chi connectivity index (χ0v) is 24.5. The second-order valence-corrected chi connectivity index (χ2v) is 12.2. The summed E-state index contributed by atoms with van der Waals surface area (Å²) in [6.07, 6.45) is 0.287. The Morgan fingerprint density at radius 2 is 1.79 bits per heavy atom. The van der Waals surface area contributed by atoms with Crippen molar-refractivity contribution in [2.45, 2.75) is 23.9 Å². The molecule has 1 saturated heterocycles. The van der Waals surface area contributed by atoms with Gasteiger partial charge >= 0.3 is 0 Å². The van der Waals surface area contributed by atoms with Gasteiger partial charge in [0.05, 0.1) is 18.6 Å². The SMILES string of the molecule is COc1ccc(S(=O)(=O)N(CCc2cccc(Cl)c2)CC(=O)N2CCN(Cc3ccc(F)cc3)CC2C(=O)NO)cc1. The number of methoxy groups -OCH3 is 1. The van der Waals surface area contributed by atoms with Crippen LogP contribution in [-0.4, -0.2) is 85.4 Å². The number of amides is 2. The Hall–Kier alpha value is -3.55. The van der Waals surface area contributed by atoms with Gasteiger partial charge in [-0.15, -0.1) is 0 Å². The summed E-state index contributed by atoms with van der Waals surface area (Å²) in [4.78, 5) is 29.5. The number of nitrogens with zero attached hydrogens (tertiary/aromatic N) is 3. The molecule has 13 heteroatoms. The zero-order valence-electron chi connectivity index (χ0n) is 22.9. The quantitative estimate of drug-likeness (QED) is 0.251. The van der Waals surface area contributed by atoms with Crippen LogP contribution in [0, 0.1) is 5.82 Å². The van der Waals surface area contributed by atoms with Crippen molar-refractivity contribution in [1.29, 1.82) is 0 Å². The third kappa shape index (κ3) is 7.84. The van der Waals surface area contributed by atoms with Crippen LogP contribution >= 0.6 is 11.6 Å². The molecule has 3 aromatic carbocycles. The third-order valence-electron chi connectivity index (χ3n) is 7.06. The van der Waals surface area contributed by atoms with Crippen LogP contribution < -0.4 is 10.2 Å². The van der Waals surface area contributed by atoms with Crippen LogP contribution in [0.3, 0.4) is 0 Å². The van der Waals surface area contributed by atoms with Crippen molar-refractivity contribution in [3.8, 4) is 5.75 Å². The van der Waals surface area contributed by atoms with E-state index in [0.717, 1.165) is 15.4 Å². The molecule has 1 atom stereocenters. The van der Waals surface area contributed by atoms with Crippen molar-refractivity contribution < 1.29 is 32.3 Å². The summed E-state index contributed by atoms with van der Waals surface area (Å²) in [6.45, 7) is 0.428. The molecule has 2 N–H and O–H groups in total. The number of hydroxylamine groups is 1. The number of carbonyl (C=O) groups is 2. The summed E-state index contributed by atoms with van der Waals surface area (Å²) in [5, 5.41) is 9.91. The Kier molecular flexibility index (Phi) is 10.5. The highest BCUT2D eigenvalue weighted by Gasteiger charge is 2.37. The molecule has 1 fully saturated rings. The van der Waals surface area contributed by atoms with E-state index in [4.69, 9.17) is 16.3 Å². The molecule has 0 aliphatic carbocycles. The summed E-state index contributed by atoms with van der Waals surface area (Å²) >= 11 is 6.11. The van der Waals surface area contributed by atoms with Crippen LogP contribution in [0.4, 0.5) is 4.39 Å². The lowest BCUT2D eigenvalue weighted by Crippen LogP contribution is -2.61. The van der Waals surface area contributed by atoms with Gasteiger partial charge in [-0.05, 0) is 66.1 Å². The van der Waals surface area contributed by atoms with E-state index in [1.165, 1.54) is 48.4 Å². The van der Waals surface area contributed by atoms with Crippen LogP contribution in [0.1, 0.15) is 11.1 Å². The second-order valence-electron chi connectivity index (χ2n) is 9.83. The van der Waals surface area contributed by atoms with Gasteiger partial charge in [0.2, 0.25) is 15.9 Å². The molecular formula is C29H32ClFN4O6S. The third-order valence-corrected chi connectivity index (χ3v) is 9.16. The largest absolute Gasteiger partial charge is 0.497 e. The molecule has 4 rings (SSSR count). The first-order chi connectivity index (χ1) is 20.1. The predicted octanol–water partition coefficient (Wildman–Crippen LogP) is 2.94. The molecule has 42 heavy (non-hydrogen) atoms. The molecule has 0 spiro atoms. The number of piperazine rings is 1. The first-order valence-electron chi connectivity index (χ1n) is 13.2. The monoisotopic (exact) mass is 618 g/mol. The average molecular weight is 619 g/mol. The molecule has 0 radical (unpaired) electrons. The van der Waals surface area contributed by atoms with Crippen molar-refractivity contribution in [3.05, 3.63) is 94.8 Å². The van der Waals surface area contributed by atoms with Gasteiger partial charge in [-0.1, -0.05) is 35.9 Å². The summed E-state index contributed by atoms with van der Waals surface area (Å²) < 4.78 is 47.0. The Labute approximate surface area is 249 Å². The van der Waals surface area contributed by atoms with Gasteiger partial charge in [0.1, 0.15) is 17.6 Å². The molecular weight excluding hydrogens is 587 g/mol. The number of rotatable bonds is 11. The van der Waals surface area contributed by atoms with Crippen LogP contribution in [0.2, 0.25) is 5.02 Å². The first-order valence-corrected chi connectivity index (χ1v) is 15.0. The molecule has 2 amide bonds. The fraction of sp³-hybridized carbons (Fsp3) is 0.310. The Morgan fingerprint density at radius 3 is 2.43 bits per heavy atom. The van der Waals surface area contributed by atoms with E-state index >= 15 is 0 Å². The normalized spacial score (nSPS) is 15.9. The molecule has 1 unspecified atom stereocenters. The van der Waals surface area contributed by atoms with Crippen molar-refractivity contribution in [3.63, 3.8) is 0 Å². The van der Waals surface area contributed by atoms with E-state index in [-0.39, 0.29) is 36.8 Å². The average Bonchev–Trinajstić information content (AvgIpc) is 2.99. The van der Waals surface area contributed by atoms with Gasteiger partial charge < -0.3 is 9.64 Å². The molecule has 10 nitrogen and oxygen atoms in total. The maximum absolute atomic E-state index is 13.7. The second kappa shape index (κ2) is 14.1. The van der Waals surface area contributed by atoms with E-state index in [9.17, 15) is 27.6 Å². The van der Waals surface area contributed by atoms with E-state index in [1.807, 2.05) is 11.0 Å². The zero-order chi connectivity index (χ0) is 30.3. The van der Waals surface area contributed by atoms with Gasteiger partial charge in [0, 0.05) is 37.7 Å². The van der Waals surface area contributed by atoms with Crippen molar-refractivity contribution in [2.24, 2.45) is 0 Å². The highest BCUT2D eigenvalue weighted by Crippen LogP contribution is 2.22. The minimum absolute atomic E-state index is 0.0176. The molecule has 0 aromatic heterocycles. The molecule has 1 aliphatic rings. The van der Waals surface area contributed by atoms with E-state index in [1.54, 1.807) is 35.8 Å². The van der Waals surface area contributed by atoms with Gasteiger partial charge in [-0.3, -0.25) is 19.7 Å². The van der Waals surface area contributed by atoms with Gasteiger partial charge in [-0.25, -0.2) is 18.3 Å². The lowest BCUT2D eigenvalue weighted by Gasteiger charge is -2.40. The van der Waals surface area contributed by atoms with Gasteiger partial charge in [-0.2, -0.15) is 4.31 Å². The predicted molar refractivity (Wildman–Crippen MR) is 154 cm³/mol. The summed E-state index contributed by atoms with van der Waals surface area (Å²) in [5.41, 5.74) is 3.22. The molecule has 3 aromatic rings. The minimum Gasteiger partial charge on any atom is -0.497 e. The number of hydrogen-bond acceptors (Lipinski definition) is 7. The number of nitrogens with one attached hydrogen (secondary N) is 1. The summed E-state index contributed by atoms with van der Waals surface area (Å²) in [6, 6.07) is 17.7. The molecule has 1 aliphatic heterocycles. The van der Waals surface area contributed by atoms with Crippen LogP contribution in [0.5, 0.6) is 5.75 Å². The highest BCUT2D eigenvalue weighted by molar-refractivity contribution is 7.89. The van der Waals surface area contributed by atoms with Crippen molar-refractivity contribution in [1.82, 2.24) is 19.6 Å². The van der Waals surface area contributed by atoms with E-state index in [0.29, 0.717) is 23.9 Å². The standard InChI is InChI=1S/C29H32ClFN4O6S/c1-41-25-9-11-26(12-10-25)42(39,40)34(14-13-21-3-2-4-23(30)17-21)20-28(36)35-16-15-33(19-27(35)29(37)32-38)18-22-5-7-24(31)8-6-22/h2-12,17,27,38H,13-16,18-20H2,1H3,(H,32,37). The fourth-order valence-corrected chi connectivity index (χ4v) is 6.40. The Morgan fingerprint density at radius 1 is 1.07 bits per heavy atom. The number of hydrogen-bond donors (Lipinski definition) is 2. The number of halogens is 2. The van der Waals surface area contributed by atoms with E-state index < -0.39 is 34.4 Å². The Balaban J connectivity index is 1.54. The first kappa shape index (κ1) is 31.4. The lowest BCUT2D eigenvalue weighted by atomic mass is 10.1. The summed E-state index contributed by atoms with van der Waals surface area (Å²) in [5.74, 6) is -1.27. The minimum atomic E-state index is -4.13. The van der Waals surface area contributed by atoms with Crippen LogP contribution in [-0.2, 0) is 32.6 Å². The number of ether oxygens (including phenoxy) is 1. The summed E-state index contributed by atoms with van der Waals surface area (Å²) in [7, 11) is -2.66. The Bertz CT molecular complexity index is 1490. The number of carbonyl (C=O) groups excluding carboxylic acids is 2. The van der Waals surface area contributed by atoms with E-state index in [2.05, 4.69) is 0 Å². The molecule has 0 saturated carbocycles. The number of benzene rings is 3. The lowest BCUT2D eigenvalue weighted by molar-refractivity contribution is -0.148. The van der Waals surface area contributed by atoms with Crippen LogP contribution in [0.15, 0.2) is 77.7 Å². The van der Waals surface area contributed by atoms with Crippen molar-refractivity contribution in [2.75, 3.05) is 39.8 Å². The molecule has 0 bridgehead atoms. The maximum Gasteiger partial charge on any atom is 0.267 e.